The van der Waals surface area contributed by atoms with Gasteiger partial charge in [0.25, 0.3) is 11.5 Å². The molecule has 3 aromatic rings. The number of nitrogens with zero attached hydrogens (tertiary/aromatic N) is 3. The molecule has 0 aliphatic carbocycles. The van der Waals surface area contributed by atoms with E-state index in [1.54, 1.807) is 47.5 Å². The minimum absolute atomic E-state index is 0.0290. The van der Waals surface area contributed by atoms with E-state index in [2.05, 4.69) is 10.3 Å². The van der Waals surface area contributed by atoms with E-state index in [4.69, 9.17) is 17.3 Å². The van der Waals surface area contributed by atoms with Crippen LogP contribution < -0.4 is 16.6 Å². The Kier molecular flexibility index (Phi) is 7.45. The summed E-state index contributed by atoms with van der Waals surface area (Å²) in [5.41, 5.74) is 6.10. The lowest BCUT2D eigenvalue weighted by atomic mass is 9.97. The molecular weight excluding hydrogens is 470 g/mol. The van der Waals surface area contributed by atoms with Gasteiger partial charge in [0.05, 0.1) is 5.92 Å². The van der Waals surface area contributed by atoms with Gasteiger partial charge in [0.15, 0.2) is 0 Å². The second kappa shape index (κ2) is 10.7. The molecule has 3 heterocycles. The molecule has 0 radical (unpaired) electrons. The lowest BCUT2D eigenvalue weighted by molar-refractivity contribution is -0.135. The molecule has 0 bridgehead atoms. The van der Waals surface area contributed by atoms with Crippen molar-refractivity contribution in [3.63, 3.8) is 0 Å². The quantitative estimate of drug-likeness (QED) is 0.518. The van der Waals surface area contributed by atoms with Gasteiger partial charge in [0, 0.05) is 49.2 Å². The van der Waals surface area contributed by atoms with Crippen LogP contribution in [0.3, 0.4) is 0 Å². The maximum absolute atomic E-state index is 13.3. The number of primary amides is 1. The van der Waals surface area contributed by atoms with E-state index in [0.29, 0.717) is 35.4 Å². The zero-order valence-electron chi connectivity index (χ0n) is 19.1. The summed E-state index contributed by atoms with van der Waals surface area (Å²) >= 11 is 5.90. The number of likely N-dealkylation sites (tertiary alicyclic amines) is 1. The predicted molar refractivity (Wildman–Crippen MR) is 132 cm³/mol. The Morgan fingerprint density at radius 1 is 1.17 bits per heavy atom. The lowest BCUT2D eigenvalue weighted by Crippen LogP contribution is -2.44. The lowest BCUT2D eigenvalue weighted by Gasteiger charge is -2.31. The number of hydrogen-bond donors (Lipinski definition) is 2. The number of hydrogen-bond acceptors (Lipinski definition) is 5. The van der Waals surface area contributed by atoms with Crippen LogP contribution in [-0.2, 0) is 22.7 Å². The Bertz CT molecular complexity index is 1320. The fourth-order valence-corrected chi connectivity index (χ4v) is 4.38. The normalized spacial score (nSPS) is 15.7. The number of benzene rings is 1. The summed E-state index contributed by atoms with van der Waals surface area (Å²) in [6.07, 6.45) is 2.96. The summed E-state index contributed by atoms with van der Waals surface area (Å²) < 4.78 is 1.36. The number of carbonyl (C=O) groups excluding carboxylic acids is 3. The SMILES string of the molecule is NC(=O)C1CCCN(C(=O)CCn2c(=O)c(C(=O)NCc3ccc(Cl)cc3)cc3cccnc32)C1. The van der Waals surface area contributed by atoms with Gasteiger partial charge < -0.3 is 16.0 Å². The van der Waals surface area contributed by atoms with Crippen LogP contribution in [0, 0.1) is 5.92 Å². The van der Waals surface area contributed by atoms with Gasteiger partial charge in [0.2, 0.25) is 11.8 Å². The molecule has 35 heavy (non-hydrogen) atoms. The van der Waals surface area contributed by atoms with Gasteiger partial charge in [-0.1, -0.05) is 23.7 Å². The van der Waals surface area contributed by atoms with Crippen molar-refractivity contribution in [2.45, 2.75) is 32.4 Å². The number of nitrogens with one attached hydrogen (secondary N) is 1. The number of aromatic nitrogens is 2. The average molecular weight is 496 g/mol. The standard InChI is InChI=1S/C25H26ClN5O4/c26-19-7-5-16(6-8-19)14-29-24(34)20-13-17-3-1-10-28-23(17)31(25(20)35)12-9-21(32)30-11-2-4-18(15-30)22(27)33/h1,3,5-8,10,13,18H,2,4,9,11-12,14-15H2,(H2,27,33)(H,29,34). The smallest absolute Gasteiger partial charge is 0.265 e. The molecule has 4 rings (SSSR count). The van der Waals surface area contributed by atoms with Crippen LogP contribution in [0.1, 0.15) is 35.2 Å². The van der Waals surface area contributed by atoms with E-state index in [-0.39, 0.29) is 43.4 Å². The molecule has 0 saturated carbocycles. The molecule has 1 aromatic carbocycles. The van der Waals surface area contributed by atoms with Gasteiger partial charge in [-0.15, -0.1) is 0 Å². The van der Waals surface area contributed by atoms with Crippen molar-refractivity contribution in [1.82, 2.24) is 19.8 Å². The third-order valence-corrected chi connectivity index (χ3v) is 6.44. The van der Waals surface area contributed by atoms with E-state index in [1.807, 2.05) is 0 Å². The molecule has 1 atom stereocenters. The fourth-order valence-electron chi connectivity index (χ4n) is 4.26. The molecule has 1 aliphatic rings. The molecule has 3 amide bonds. The largest absolute Gasteiger partial charge is 0.369 e. The number of pyridine rings is 2. The van der Waals surface area contributed by atoms with Crippen molar-refractivity contribution in [2.24, 2.45) is 11.7 Å². The van der Waals surface area contributed by atoms with Crippen LogP contribution in [0.4, 0.5) is 0 Å². The summed E-state index contributed by atoms with van der Waals surface area (Å²) in [7, 11) is 0. The van der Waals surface area contributed by atoms with Crippen molar-refractivity contribution in [2.75, 3.05) is 13.1 Å². The Morgan fingerprint density at radius 2 is 1.94 bits per heavy atom. The molecule has 0 spiro atoms. The van der Waals surface area contributed by atoms with Crippen molar-refractivity contribution in [3.8, 4) is 0 Å². The monoisotopic (exact) mass is 495 g/mol. The second-order valence-corrected chi connectivity index (χ2v) is 9.01. The van der Waals surface area contributed by atoms with E-state index in [0.717, 1.165) is 5.56 Å². The fraction of sp³-hybridized carbons (Fsp3) is 0.320. The van der Waals surface area contributed by atoms with Crippen molar-refractivity contribution in [1.29, 1.82) is 0 Å². The molecule has 1 aliphatic heterocycles. The van der Waals surface area contributed by atoms with Crippen molar-refractivity contribution >= 4 is 40.4 Å². The molecule has 1 saturated heterocycles. The van der Waals surface area contributed by atoms with Crippen LogP contribution in [0.5, 0.6) is 0 Å². The third kappa shape index (κ3) is 5.68. The number of nitrogens with two attached hydrogens (primary N) is 1. The summed E-state index contributed by atoms with van der Waals surface area (Å²) in [5.74, 6) is -1.46. The summed E-state index contributed by atoms with van der Waals surface area (Å²) in [5, 5.41) is 3.97. The first-order valence-corrected chi connectivity index (χ1v) is 11.8. The van der Waals surface area contributed by atoms with Gasteiger partial charge in [0.1, 0.15) is 11.2 Å². The third-order valence-electron chi connectivity index (χ3n) is 6.18. The Hall–Kier alpha value is -3.72. The number of piperidine rings is 1. The highest BCUT2D eigenvalue weighted by Gasteiger charge is 2.27. The van der Waals surface area contributed by atoms with E-state index >= 15 is 0 Å². The number of carbonyl (C=O) groups is 3. The number of rotatable bonds is 7. The predicted octanol–water partition coefficient (Wildman–Crippen LogP) is 2.09. The topological polar surface area (TPSA) is 127 Å². The highest BCUT2D eigenvalue weighted by atomic mass is 35.5. The van der Waals surface area contributed by atoms with E-state index in [9.17, 15) is 19.2 Å². The maximum Gasteiger partial charge on any atom is 0.265 e. The zero-order chi connectivity index (χ0) is 24.9. The minimum atomic E-state index is -0.522. The first kappa shape index (κ1) is 24.4. The second-order valence-electron chi connectivity index (χ2n) is 8.57. The van der Waals surface area contributed by atoms with Crippen molar-refractivity contribution in [3.05, 3.63) is 75.2 Å². The highest BCUT2D eigenvalue weighted by Crippen LogP contribution is 2.18. The zero-order valence-corrected chi connectivity index (χ0v) is 19.8. The van der Waals surface area contributed by atoms with Gasteiger partial charge in [-0.05, 0) is 48.7 Å². The number of halogens is 1. The molecule has 1 unspecified atom stereocenters. The van der Waals surface area contributed by atoms with E-state index < -0.39 is 17.4 Å². The molecule has 3 N–H and O–H groups in total. The van der Waals surface area contributed by atoms with Gasteiger partial charge in [-0.25, -0.2) is 4.98 Å². The van der Waals surface area contributed by atoms with Crippen LogP contribution in [0.25, 0.3) is 11.0 Å². The van der Waals surface area contributed by atoms with Crippen LogP contribution >= 0.6 is 11.6 Å². The molecule has 182 valence electrons. The summed E-state index contributed by atoms with van der Waals surface area (Å²) in [4.78, 5) is 56.5. The minimum Gasteiger partial charge on any atom is -0.369 e. The maximum atomic E-state index is 13.3. The van der Waals surface area contributed by atoms with E-state index in [1.165, 1.54) is 10.6 Å². The number of amides is 3. The van der Waals surface area contributed by atoms with Gasteiger partial charge in [-0.3, -0.25) is 23.7 Å². The van der Waals surface area contributed by atoms with Gasteiger partial charge >= 0.3 is 0 Å². The van der Waals surface area contributed by atoms with Crippen molar-refractivity contribution < 1.29 is 14.4 Å². The average Bonchev–Trinajstić information content (AvgIpc) is 2.87. The molecule has 9 nitrogen and oxygen atoms in total. The number of fused-ring (bicyclic) bond motifs is 1. The number of aryl methyl sites for hydroxylation is 1. The molecule has 2 aromatic heterocycles. The highest BCUT2D eigenvalue weighted by molar-refractivity contribution is 6.30. The summed E-state index contributed by atoms with van der Waals surface area (Å²) in [6.45, 7) is 1.12. The Balaban J connectivity index is 1.53. The Labute approximate surface area is 206 Å². The first-order valence-electron chi connectivity index (χ1n) is 11.4. The molecule has 10 heteroatoms. The first-order chi connectivity index (χ1) is 16.8. The molecular formula is C25H26ClN5O4. The summed E-state index contributed by atoms with van der Waals surface area (Å²) in [6, 6.07) is 12.0. The van der Waals surface area contributed by atoms with Crippen LogP contribution in [-0.4, -0.2) is 45.3 Å². The van der Waals surface area contributed by atoms with Crippen LogP contribution in [0.15, 0.2) is 53.5 Å². The Morgan fingerprint density at radius 3 is 2.69 bits per heavy atom. The van der Waals surface area contributed by atoms with Crippen LogP contribution in [0.2, 0.25) is 5.02 Å². The van der Waals surface area contributed by atoms with Gasteiger partial charge in [-0.2, -0.15) is 0 Å². The molecule has 1 fully saturated rings.